The Hall–Kier alpha value is -1.09. The first-order valence-electron chi connectivity index (χ1n) is 3.79. The third-order valence-corrected chi connectivity index (χ3v) is 1.39. The van der Waals surface area contributed by atoms with Crippen molar-refractivity contribution in [3.63, 3.8) is 0 Å². The molecule has 1 N–H and O–H groups in total. The molecule has 1 aromatic rings. The minimum atomic E-state index is -1.31. The van der Waals surface area contributed by atoms with Crippen LogP contribution < -0.4 is 0 Å². The van der Waals surface area contributed by atoms with E-state index in [4.69, 9.17) is 16.7 Å². The van der Waals surface area contributed by atoms with Gasteiger partial charge in [0, 0.05) is 5.02 Å². The topological polar surface area (TPSA) is 37.3 Å². The number of carboxylic acids is 1. The molecule has 0 atom stereocenters. The quantitative estimate of drug-likeness (QED) is 0.763. The van der Waals surface area contributed by atoms with Crippen molar-refractivity contribution in [1.29, 1.82) is 0 Å². The molecule has 0 fully saturated rings. The van der Waals surface area contributed by atoms with Crippen LogP contribution in [-0.2, 0) is 0 Å². The van der Waals surface area contributed by atoms with Gasteiger partial charge in [-0.05, 0) is 18.2 Å². The van der Waals surface area contributed by atoms with Crippen LogP contribution in [0.5, 0.6) is 0 Å². The van der Waals surface area contributed by atoms with Crippen molar-refractivity contribution < 1.29 is 14.3 Å². The van der Waals surface area contributed by atoms with E-state index in [1.807, 2.05) is 13.8 Å². The molecule has 0 aliphatic rings. The van der Waals surface area contributed by atoms with E-state index in [2.05, 4.69) is 0 Å². The number of rotatable bonds is 1. The van der Waals surface area contributed by atoms with Gasteiger partial charge in [-0.15, -0.1) is 0 Å². The van der Waals surface area contributed by atoms with Gasteiger partial charge in [0.25, 0.3) is 0 Å². The summed E-state index contributed by atoms with van der Waals surface area (Å²) in [6.45, 7) is 4.00. The van der Waals surface area contributed by atoms with Crippen molar-refractivity contribution in [2.24, 2.45) is 0 Å². The Morgan fingerprint density at radius 2 is 2.00 bits per heavy atom. The summed E-state index contributed by atoms with van der Waals surface area (Å²) >= 11 is 5.43. The lowest BCUT2D eigenvalue weighted by Crippen LogP contribution is -1.99. The zero-order valence-electron chi connectivity index (χ0n) is 7.34. The fourth-order valence-electron chi connectivity index (χ4n) is 0.661. The first-order valence-corrected chi connectivity index (χ1v) is 4.17. The summed E-state index contributed by atoms with van der Waals surface area (Å²) in [5.41, 5.74) is -0.405. The van der Waals surface area contributed by atoms with Gasteiger partial charge in [-0.2, -0.15) is 0 Å². The number of carboxylic acid groups (broad SMARTS) is 1. The molecule has 1 aromatic carbocycles. The van der Waals surface area contributed by atoms with Crippen LogP contribution in [0.25, 0.3) is 0 Å². The molecule has 0 saturated carbocycles. The minimum Gasteiger partial charge on any atom is -0.478 e. The third-order valence-electron chi connectivity index (χ3n) is 1.16. The van der Waals surface area contributed by atoms with Crippen molar-refractivity contribution in [3.8, 4) is 0 Å². The second kappa shape index (κ2) is 5.54. The summed E-state index contributed by atoms with van der Waals surface area (Å²) in [5.74, 6) is -2.09. The lowest BCUT2D eigenvalue weighted by molar-refractivity contribution is 0.0692. The van der Waals surface area contributed by atoms with Crippen molar-refractivity contribution in [2.45, 2.75) is 13.8 Å². The predicted octanol–water partition coefficient (Wildman–Crippen LogP) is 3.20. The van der Waals surface area contributed by atoms with Crippen LogP contribution in [0.15, 0.2) is 18.2 Å². The van der Waals surface area contributed by atoms with Gasteiger partial charge in [0.05, 0.1) is 5.56 Å². The highest BCUT2D eigenvalue weighted by atomic mass is 35.5. The Morgan fingerprint density at radius 1 is 1.46 bits per heavy atom. The fourth-order valence-corrected chi connectivity index (χ4v) is 0.833. The van der Waals surface area contributed by atoms with Gasteiger partial charge < -0.3 is 5.11 Å². The van der Waals surface area contributed by atoms with E-state index >= 15 is 0 Å². The summed E-state index contributed by atoms with van der Waals surface area (Å²) in [6.07, 6.45) is 0. The van der Waals surface area contributed by atoms with Gasteiger partial charge in [-0.3, -0.25) is 0 Å². The number of carbonyl (C=O) groups is 1. The van der Waals surface area contributed by atoms with Crippen molar-refractivity contribution in [1.82, 2.24) is 0 Å². The second-order valence-electron chi connectivity index (χ2n) is 1.93. The Bertz CT molecular complexity index is 300. The Kier molecular flexibility index (Phi) is 5.07. The highest BCUT2D eigenvalue weighted by molar-refractivity contribution is 6.30. The largest absolute Gasteiger partial charge is 0.478 e. The molecule has 1 rings (SSSR count). The summed E-state index contributed by atoms with van der Waals surface area (Å²) in [7, 11) is 0. The van der Waals surface area contributed by atoms with Gasteiger partial charge in [0.1, 0.15) is 5.82 Å². The van der Waals surface area contributed by atoms with Crippen LogP contribution in [0.3, 0.4) is 0 Å². The molecule has 4 heteroatoms. The summed E-state index contributed by atoms with van der Waals surface area (Å²) in [4.78, 5) is 10.3. The number of hydrogen-bond acceptors (Lipinski definition) is 1. The summed E-state index contributed by atoms with van der Waals surface area (Å²) < 4.78 is 12.6. The standard InChI is InChI=1S/C7H4ClFO2.C2H6/c8-4-1-2-6(9)5(3-4)7(10)11;1-2/h1-3H,(H,10,11);1-2H3. The molecule has 0 spiro atoms. The first-order chi connectivity index (χ1) is 6.11. The van der Waals surface area contributed by atoms with Crippen LogP contribution in [0.1, 0.15) is 24.2 Å². The lowest BCUT2D eigenvalue weighted by Gasteiger charge is -1.95. The average molecular weight is 205 g/mol. The predicted molar refractivity (Wildman–Crippen MR) is 49.7 cm³/mol. The highest BCUT2D eigenvalue weighted by Crippen LogP contribution is 2.14. The van der Waals surface area contributed by atoms with E-state index in [1.54, 1.807) is 0 Å². The smallest absolute Gasteiger partial charge is 0.338 e. The number of aromatic carboxylic acids is 1. The van der Waals surface area contributed by atoms with Crippen LogP contribution in [-0.4, -0.2) is 11.1 Å². The maximum absolute atomic E-state index is 12.6. The number of halogens is 2. The maximum Gasteiger partial charge on any atom is 0.338 e. The molecule has 2 nitrogen and oxygen atoms in total. The van der Waals surface area contributed by atoms with Crippen LogP contribution in [0.4, 0.5) is 4.39 Å². The number of hydrogen-bond donors (Lipinski definition) is 1. The van der Waals surface area contributed by atoms with Gasteiger partial charge in [0.15, 0.2) is 0 Å². The molecule has 0 heterocycles. The molecule has 13 heavy (non-hydrogen) atoms. The minimum absolute atomic E-state index is 0.212. The van der Waals surface area contributed by atoms with Gasteiger partial charge in [0.2, 0.25) is 0 Å². The molecule has 72 valence electrons. The molecular weight excluding hydrogens is 195 g/mol. The van der Waals surface area contributed by atoms with E-state index in [0.29, 0.717) is 0 Å². The maximum atomic E-state index is 12.6. The van der Waals surface area contributed by atoms with Crippen LogP contribution in [0, 0.1) is 5.82 Å². The number of benzene rings is 1. The molecule has 0 radical (unpaired) electrons. The highest BCUT2D eigenvalue weighted by Gasteiger charge is 2.09. The molecule has 0 aromatic heterocycles. The Morgan fingerprint density at radius 3 is 2.38 bits per heavy atom. The molecule has 0 aliphatic heterocycles. The van der Waals surface area contributed by atoms with Gasteiger partial charge >= 0.3 is 5.97 Å². The third kappa shape index (κ3) is 3.42. The zero-order chi connectivity index (χ0) is 10.4. The van der Waals surface area contributed by atoms with E-state index in [-0.39, 0.29) is 5.02 Å². The molecular formula is C9H10ClFO2. The van der Waals surface area contributed by atoms with E-state index in [1.165, 1.54) is 6.07 Å². The summed E-state index contributed by atoms with van der Waals surface area (Å²) in [5, 5.41) is 8.60. The Balaban J connectivity index is 0.000000671. The molecule has 0 amide bonds. The van der Waals surface area contributed by atoms with Crippen molar-refractivity contribution in [2.75, 3.05) is 0 Å². The van der Waals surface area contributed by atoms with Crippen molar-refractivity contribution >= 4 is 17.6 Å². The average Bonchev–Trinajstić information content (AvgIpc) is 2.12. The normalized spacial score (nSPS) is 8.62. The Labute approximate surface area is 81.0 Å². The van der Waals surface area contributed by atoms with Gasteiger partial charge in [-0.25, -0.2) is 9.18 Å². The molecule has 0 unspecified atom stereocenters. The lowest BCUT2D eigenvalue weighted by atomic mass is 10.2. The van der Waals surface area contributed by atoms with Gasteiger partial charge in [-0.1, -0.05) is 25.4 Å². The summed E-state index contributed by atoms with van der Waals surface area (Å²) in [6, 6.07) is 3.38. The van der Waals surface area contributed by atoms with E-state index in [0.717, 1.165) is 12.1 Å². The van der Waals surface area contributed by atoms with Crippen molar-refractivity contribution in [3.05, 3.63) is 34.6 Å². The monoisotopic (exact) mass is 204 g/mol. The van der Waals surface area contributed by atoms with Crippen LogP contribution >= 0.6 is 11.6 Å². The molecule has 0 saturated heterocycles. The molecule has 0 aliphatic carbocycles. The second-order valence-corrected chi connectivity index (χ2v) is 2.37. The molecule has 0 bridgehead atoms. The fraction of sp³-hybridized carbons (Fsp3) is 0.222. The van der Waals surface area contributed by atoms with E-state index in [9.17, 15) is 9.18 Å². The SMILES string of the molecule is CC.O=C(O)c1cc(Cl)ccc1F. The first kappa shape index (κ1) is 11.9. The van der Waals surface area contributed by atoms with Crippen LogP contribution in [0.2, 0.25) is 5.02 Å². The zero-order valence-corrected chi connectivity index (χ0v) is 8.10. The van der Waals surface area contributed by atoms with E-state index < -0.39 is 17.3 Å².